The SMILES string of the molecule is COC(=O)C1CCN(c2cc(Cl)nnc2Cl)C1. The minimum Gasteiger partial charge on any atom is -0.469 e. The van der Waals surface area contributed by atoms with E-state index in [9.17, 15) is 4.79 Å². The Morgan fingerprint density at radius 1 is 1.53 bits per heavy atom. The van der Waals surface area contributed by atoms with Gasteiger partial charge in [-0.3, -0.25) is 4.79 Å². The van der Waals surface area contributed by atoms with E-state index in [1.54, 1.807) is 6.07 Å². The van der Waals surface area contributed by atoms with Crippen LogP contribution in [0.3, 0.4) is 0 Å². The first-order chi connectivity index (χ1) is 8.11. The number of ether oxygens (including phenoxy) is 1. The van der Waals surface area contributed by atoms with Gasteiger partial charge in [0.1, 0.15) is 0 Å². The highest BCUT2D eigenvalue weighted by Gasteiger charge is 2.30. The monoisotopic (exact) mass is 275 g/mol. The molecule has 0 bridgehead atoms. The smallest absolute Gasteiger partial charge is 0.310 e. The Morgan fingerprint density at radius 2 is 2.29 bits per heavy atom. The average molecular weight is 276 g/mol. The van der Waals surface area contributed by atoms with Gasteiger partial charge in [-0.05, 0) is 6.42 Å². The number of carbonyl (C=O) groups is 1. The molecule has 0 saturated carbocycles. The van der Waals surface area contributed by atoms with Crippen LogP contribution < -0.4 is 4.90 Å². The zero-order valence-electron chi connectivity index (χ0n) is 9.19. The molecule has 1 saturated heterocycles. The molecule has 0 N–H and O–H groups in total. The van der Waals surface area contributed by atoms with Crippen LogP contribution in [-0.4, -0.2) is 36.4 Å². The van der Waals surface area contributed by atoms with E-state index in [1.807, 2.05) is 4.90 Å². The Labute approximate surface area is 109 Å². The topological polar surface area (TPSA) is 55.3 Å². The van der Waals surface area contributed by atoms with Crippen molar-refractivity contribution in [2.24, 2.45) is 5.92 Å². The molecule has 7 heteroatoms. The normalized spacial score (nSPS) is 19.5. The molecule has 0 aliphatic carbocycles. The van der Waals surface area contributed by atoms with E-state index in [-0.39, 0.29) is 17.0 Å². The predicted octanol–water partition coefficient (Wildman–Crippen LogP) is 1.78. The molecule has 0 radical (unpaired) electrons. The highest BCUT2D eigenvalue weighted by Crippen LogP contribution is 2.30. The third-order valence-electron chi connectivity index (χ3n) is 2.76. The summed E-state index contributed by atoms with van der Waals surface area (Å²) in [6.07, 6.45) is 0.739. The van der Waals surface area contributed by atoms with E-state index in [1.165, 1.54) is 7.11 Å². The molecule has 1 aliphatic rings. The molecule has 0 spiro atoms. The molecule has 0 amide bonds. The summed E-state index contributed by atoms with van der Waals surface area (Å²) >= 11 is 11.7. The Kier molecular flexibility index (Phi) is 3.69. The van der Waals surface area contributed by atoms with Crippen LogP contribution in [0.2, 0.25) is 10.3 Å². The van der Waals surface area contributed by atoms with Crippen molar-refractivity contribution in [3.8, 4) is 0 Å². The number of rotatable bonds is 2. The Bertz CT molecular complexity index is 442. The molecule has 5 nitrogen and oxygen atoms in total. The number of carbonyl (C=O) groups excluding carboxylic acids is 1. The zero-order chi connectivity index (χ0) is 12.4. The number of hydrogen-bond donors (Lipinski definition) is 0. The lowest BCUT2D eigenvalue weighted by atomic mass is 10.1. The molecule has 92 valence electrons. The number of anilines is 1. The van der Waals surface area contributed by atoms with Crippen LogP contribution in [0, 0.1) is 5.92 Å². The number of methoxy groups -OCH3 is 1. The second-order valence-electron chi connectivity index (χ2n) is 3.80. The molecule has 1 aromatic heterocycles. The van der Waals surface area contributed by atoms with Gasteiger partial charge < -0.3 is 9.64 Å². The molecular formula is C10H11Cl2N3O2. The van der Waals surface area contributed by atoms with Crippen molar-refractivity contribution >= 4 is 34.9 Å². The maximum Gasteiger partial charge on any atom is 0.310 e. The predicted molar refractivity (Wildman–Crippen MR) is 64.4 cm³/mol. The molecule has 1 unspecified atom stereocenters. The van der Waals surface area contributed by atoms with Gasteiger partial charge >= 0.3 is 5.97 Å². The average Bonchev–Trinajstić information content (AvgIpc) is 2.80. The summed E-state index contributed by atoms with van der Waals surface area (Å²) in [5.41, 5.74) is 0.707. The minimum atomic E-state index is -0.197. The van der Waals surface area contributed by atoms with Crippen molar-refractivity contribution in [2.45, 2.75) is 6.42 Å². The molecule has 1 fully saturated rings. The van der Waals surface area contributed by atoms with Crippen LogP contribution in [0.25, 0.3) is 0 Å². The van der Waals surface area contributed by atoms with Gasteiger partial charge in [0.2, 0.25) is 0 Å². The molecular weight excluding hydrogens is 265 g/mol. The molecule has 2 rings (SSSR count). The summed E-state index contributed by atoms with van der Waals surface area (Å²) in [6.45, 7) is 1.29. The first-order valence-electron chi connectivity index (χ1n) is 5.13. The van der Waals surface area contributed by atoms with Crippen LogP contribution in [0.5, 0.6) is 0 Å². The summed E-state index contributed by atoms with van der Waals surface area (Å²) < 4.78 is 4.72. The second kappa shape index (κ2) is 5.06. The van der Waals surface area contributed by atoms with Crippen LogP contribution in [0.15, 0.2) is 6.07 Å². The van der Waals surface area contributed by atoms with E-state index < -0.39 is 0 Å². The van der Waals surface area contributed by atoms with Gasteiger partial charge in [-0.25, -0.2) is 0 Å². The van der Waals surface area contributed by atoms with Gasteiger partial charge in [-0.2, -0.15) is 0 Å². The molecule has 1 aromatic rings. The number of hydrogen-bond acceptors (Lipinski definition) is 5. The summed E-state index contributed by atoms with van der Waals surface area (Å²) in [7, 11) is 1.39. The molecule has 0 aromatic carbocycles. The van der Waals surface area contributed by atoms with E-state index in [4.69, 9.17) is 27.9 Å². The van der Waals surface area contributed by atoms with Crippen LogP contribution in [0.4, 0.5) is 5.69 Å². The van der Waals surface area contributed by atoms with Gasteiger partial charge in [-0.1, -0.05) is 23.2 Å². The third kappa shape index (κ3) is 2.61. The van der Waals surface area contributed by atoms with Gasteiger partial charge in [0.05, 0.1) is 18.7 Å². The van der Waals surface area contributed by atoms with Gasteiger partial charge in [0.25, 0.3) is 0 Å². The summed E-state index contributed by atoms with van der Waals surface area (Å²) in [5.74, 6) is -0.320. The van der Waals surface area contributed by atoms with Crippen molar-refractivity contribution in [1.82, 2.24) is 10.2 Å². The van der Waals surface area contributed by atoms with Crippen LogP contribution >= 0.6 is 23.2 Å². The number of halogens is 2. The van der Waals surface area contributed by atoms with Crippen molar-refractivity contribution < 1.29 is 9.53 Å². The molecule has 17 heavy (non-hydrogen) atoms. The van der Waals surface area contributed by atoms with Crippen LogP contribution in [0.1, 0.15) is 6.42 Å². The Morgan fingerprint density at radius 3 is 3.00 bits per heavy atom. The van der Waals surface area contributed by atoms with Crippen molar-refractivity contribution in [3.05, 3.63) is 16.4 Å². The molecule has 1 aliphatic heterocycles. The van der Waals surface area contributed by atoms with Gasteiger partial charge in [0.15, 0.2) is 10.3 Å². The van der Waals surface area contributed by atoms with Crippen LogP contribution in [-0.2, 0) is 9.53 Å². The summed E-state index contributed by atoms with van der Waals surface area (Å²) in [4.78, 5) is 13.4. The van der Waals surface area contributed by atoms with E-state index in [0.717, 1.165) is 13.0 Å². The third-order valence-corrected chi connectivity index (χ3v) is 3.22. The summed E-state index contributed by atoms with van der Waals surface area (Å²) in [6, 6.07) is 1.65. The van der Waals surface area contributed by atoms with Crippen molar-refractivity contribution in [2.75, 3.05) is 25.1 Å². The highest BCUT2D eigenvalue weighted by molar-refractivity contribution is 6.33. The van der Waals surface area contributed by atoms with Crippen molar-refractivity contribution in [1.29, 1.82) is 0 Å². The largest absolute Gasteiger partial charge is 0.469 e. The Hall–Kier alpha value is -1.07. The molecule has 1 atom stereocenters. The maximum atomic E-state index is 11.4. The van der Waals surface area contributed by atoms with Gasteiger partial charge in [0, 0.05) is 19.2 Å². The summed E-state index contributed by atoms with van der Waals surface area (Å²) in [5, 5.41) is 7.96. The van der Waals surface area contributed by atoms with E-state index >= 15 is 0 Å². The second-order valence-corrected chi connectivity index (χ2v) is 4.54. The number of aromatic nitrogens is 2. The lowest BCUT2D eigenvalue weighted by Crippen LogP contribution is -2.24. The Balaban J connectivity index is 2.15. The van der Waals surface area contributed by atoms with E-state index in [0.29, 0.717) is 17.4 Å². The number of nitrogens with zero attached hydrogens (tertiary/aromatic N) is 3. The van der Waals surface area contributed by atoms with Gasteiger partial charge in [-0.15, -0.1) is 10.2 Å². The zero-order valence-corrected chi connectivity index (χ0v) is 10.7. The minimum absolute atomic E-state index is 0.122. The fourth-order valence-corrected chi connectivity index (χ4v) is 2.26. The fourth-order valence-electron chi connectivity index (χ4n) is 1.90. The molecule has 2 heterocycles. The lowest BCUT2D eigenvalue weighted by molar-refractivity contribution is -0.144. The van der Waals surface area contributed by atoms with Crippen molar-refractivity contribution in [3.63, 3.8) is 0 Å². The quantitative estimate of drug-likeness (QED) is 0.771. The maximum absolute atomic E-state index is 11.4. The number of esters is 1. The first-order valence-corrected chi connectivity index (χ1v) is 5.89. The highest BCUT2D eigenvalue weighted by atomic mass is 35.5. The van der Waals surface area contributed by atoms with E-state index in [2.05, 4.69) is 10.2 Å². The first kappa shape index (κ1) is 12.4. The standard InChI is InChI=1S/C10H11Cl2N3O2/c1-17-10(16)6-2-3-15(5-6)7-4-8(11)13-14-9(7)12/h4,6H,2-3,5H2,1H3. The fraction of sp³-hybridized carbons (Fsp3) is 0.500. The lowest BCUT2D eigenvalue weighted by Gasteiger charge is -2.18.